The largest absolute Gasteiger partial charge is 0.495 e. The van der Waals surface area contributed by atoms with Gasteiger partial charge in [0.2, 0.25) is 5.95 Å². The molecule has 0 unspecified atom stereocenters. The van der Waals surface area contributed by atoms with Crippen molar-refractivity contribution in [2.75, 3.05) is 62.8 Å². The Kier molecular flexibility index (Phi) is 8.06. The lowest BCUT2D eigenvalue weighted by Gasteiger charge is -2.42. The van der Waals surface area contributed by atoms with Crippen LogP contribution in [0.5, 0.6) is 5.75 Å². The molecule has 31 heavy (non-hydrogen) atoms. The lowest BCUT2D eigenvalue weighted by atomic mass is 10.2. The van der Waals surface area contributed by atoms with Crippen LogP contribution in [0, 0.1) is 0 Å². The average Bonchev–Trinajstić information content (AvgIpc) is 2.83. The number of para-hydroxylation sites is 2. The highest BCUT2D eigenvalue weighted by molar-refractivity contribution is 5.93. The SMILES string of the molecule is CCCN(c1ncc(C(=O)N(CC)CC)cn1)N1CCN(c2ccccc2OC)CC1. The number of rotatable bonds is 9. The van der Waals surface area contributed by atoms with Crippen molar-refractivity contribution in [2.24, 2.45) is 0 Å². The van der Waals surface area contributed by atoms with Gasteiger partial charge < -0.3 is 14.5 Å². The second-order valence-corrected chi connectivity index (χ2v) is 7.48. The number of piperazine rings is 1. The highest BCUT2D eigenvalue weighted by Crippen LogP contribution is 2.28. The minimum Gasteiger partial charge on any atom is -0.495 e. The standard InChI is InChI=1S/C23H34N6O2/c1-5-12-29(23-24-17-19(18-25-23)22(30)26(6-2)7-3)28-15-13-27(14-16-28)20-10-8-9-11-21(20)31-4/h8-11,17-18H,5-7,12-16H2,1-4H3. The quantitative estimate of drug-likeness (QED) is 0.611. The third kappa shape index (κ3) is 5.25. The van der Waals surface area contributed by atoms with Crippen molar-refractivity contribution in [3.63, 3.8) is 0 Å². The van der Waals surface area contributed by atoms with E-state index in [-0.39, 0.29) is 5.91 Å². The first kappa shape index (κ1) is 22.8. The Bertz CT molecular complexity index is 832. The molecular weight excluding hydrogens is 392 g/mol. The summed E-state index contributed by atoms with van der Waals surface area (Å²) in [5, 5.41) is 4.45. The number of carbonyl (C=O) groups excluding carboxylic acids is 1. The van der Waals surface area contributed by atoms with Crippen molar-refractivity contribution < 1.29 is 9.53 Å². The molecule has 1 fully saturated rings. The molecule has 0 aliphatic carbocycles. The van der Waals surface area contributed by atoms with E-state index in [1.54, 1.807) is 24.4 Å². The number of hydrogen-bond donors (Lipinski definition) is 0. The molecule has 0 atom stereocenters. The number of carbonyl (C=O) groups is 1. The molecule has 168 valence electrons. The van der Waals surface area contributed by atoms with Crippen molar-refractivity contribution >= 4 is 17.5 Å². The van der Waals surface area contributed by atoms with Gasteiger partial charge in [0, 0.05) is 58.2 Å². The zero-order valence-corrected chi connectivity index (χ0v) is 19.1. The Labute approximate surface area is 185 Å². The lowest BCUT2D eigenvalue weighted by molar-refractivity contribution is 0.0772. The van der Waals surface area contributed by atoms with Crippen LogP contribution in [0.3, 0.4) is 0 Å². The van der Waals surface area contributed by atoms with E-state index < -0.39 is 0 Å². The van der Waals surface area contributed by atoms with E-state index in [1.807, 2.05) is 32.0 Å². The van der Waals surface area contributed by atoms with Gasteiger partial charge in [-0.1, -0.05) is 19.1 Å². The second-order valence-electron chi connectivity index (χ2n) is 7.48. The maximum Gasteiger partial charge on any atom is 0.256 e. The number of nitrogens with zero attached hydrogens (tertiary/aromatic N) is 6. The number of methoxy groups -OCH3 is 1. The first-order valence-electron chi connectivity index (χ1n) is 11.1. The maximum atomic E-state index is 12.5. The summed E-state index contributed by atoms with van der Waals surface area (Å²) >= 11 is 0. The van der Waals surface area contributed by atoms with Gasteiger partial charge in [-0.3, -0.25) is 9.80 Å². The molecule has 2 aromatic rings. The van der Waals surface area contributed by atoms with Crippen molar-refractivity contribution in [3.8, 4) is 5.75 Å². The minimum absolute atomic E-state index is 0.0241. The third-order valence-corrected chi connectivity index (χ3v) is 5.63. The number of aromatic nitrogens is 2. The summed E-state index contributed by atoms with van der Waals surface area (Å²) < 4.78 is 5.53. The molecular formula is C23H34N6O2. The molecule has 0 bridgehead atoms. The van der Waals surface area contributed by atoms with Crippen LogP contribution in [0.1, 0.15) is 37.6 Å². The summed E-state index contributed by atoms with van der Waals surface area (Å²) in [4.78, 5) is 25.8. The van der Waals surface area contributed by atoms with E-state index in [2.05, 4.69) is 37.9 Å². The van der Waals surface area contributed by atoms with Gasteiger partial charge in [-0.05, 0) is 32.4 Å². The van der Waals surface area contributed by atoms with Crippen LogP contribution in [0.15, 0.2) is 36.7 Å². The van der Waals surface area contributed by atoms with Crippen LogP contribution in [-0.4, -0.2) is 78.7 Å². The van der Waals surface area contributed by atoms with Crippen molar-refractivity contribution in [3.05, 3.63) is 42.2 Å². The zero-order valence-electron chi connectivity index (χ0n) is 19.1. The summed E-state index contributed by atoms with van der Waals surface area (Å²) in [5.74, 6) is 1.52. The monoisotopic (exact) mass is 426 g/mol. The number of ether oxygens (including phenoxy) is 1. The van der Waals surface area contributed by atoms with Crippen LogP contribution in [0.4, 0.5) is 11.6 Å². The maximum absolute atomic E-state index is 12.5. The molecule has 1 aliphatic rings. The zero-order chi connectivity index (χ0) is 22.2. The van der Waals surface area contributed by atoms with E-state index in [0.717, 1.165) is 50.6 Å². The summed E-state index contributed by atoms with van der Waals surface area (Å²) in [5.41, 5.74) is 1.66. The average molecular weight is 427 g/mol. The van der Waals surface area contributed by atoms with Crippen LogP contribution in [0.25, 0.3) is 0 Å². The molecule has 0 saturated carbocycles. The number of hydrogen-bond acceptors (Lipinski definition) is 7. The van der Waals surface area contributed by atoms with E-state index in [4.69, 9.17) is 4.74 Å². The van der Waals surface area contributed by atoms with Crippen LogP contribution in [-0.2, 0) is 0 Å². The van der Waals surface area contributed by atoms with Gasteiger partial charge in [-0.15, -0.1) is 0 Å². The predicted molar refractivity (Wildman–Crippen MR) is 124 cm³/mol. The van der Waals surface area contributed by atoms with E-state index in [1.165, 1.54) is 0 Å². The van der Waals surface area contributed by atoms with Gasteiger partial charge in [0.1, 0.15) is 5.75 Å². The molecule has 0 spiro atoms. The Hall–Kier alpha value is -2.87. The van der Waals surface area contributed by atoms with Gasteiger partial charge >= 0.3 is 0 Å². The van der Waals surface area contributed by atoms with Gasteiger partial charge in [0.15, 0.2) is 0 Å². The fourth-order valence-electron chi connectivity index (χ4n) is 3.91. The lowest BCUT2D eigenvalue weighted by Crippen LogP contribution is -2.54. The molecule has 8 heteroatoms. The fraction of sp³-hybridized carbons (Fsp3) is 0.522. The summed E-state index contributed by atoms with van der Waals surface area (Å²) in [6, 6.07) is 8.14. The Balaban J connectivity index is 1.69. The Morgan fingerprint density at radius 2 is 1.68 bits per heavy atom. The predicted octanol–water partition coefficient (Wildman–Crippen LogP) is 2.92. The first-order valence-corrected chi connectivity index (χ1v) is 11.1. The second kappa shape index (κ2) is 10.9. The van der Waals surface area contributed by atoms with Gasteiger partial charge in [-0.2, -0.15) is 0 Å². The van der Waals surface area contributed by atoms with Gasteiger partial charge in [0.25, 0.3) is 5.91 Å². The topological polar surface area (TPSA) is 65.0 Å². The summed E-state index contributed by atoms with van der Waals surface area (Å²) in [6.07, 6.45) is 4.28. The highest BCUT2D eigenvalue weighted by atomic mass is 16.5. The number of hydrazine groups is 1. The Morgan fingerprint density at radius 1 is 1.03 bits per heavy atom. The summed E-state index contributed by atoms with van der Waals surface area (Å²) in [7, 11) is 1.71. The minimum atomic E-state index is -0.0241. The van der Waals surface area contributed by atoms with Crippen LogP contribution in [0.2, 0.25) is 0 Å². The molecule has 2 heterocycles. The van der Waals surface area contributed by atoms with Crippen molar-refractivity contribution in [1.82, 2.24) is 19.9 Å². The van der Waals surface area contributed by atoms with Gasteiger partial charge in [-0.25, -0.2) is 15.0 Å². The molecule has 1 saturated heterocycles. The molecule has 1 aliphatic heterocycles. The number of anilines is 2. The first-order chi connectivity index (χ1) is 15.1. The van der Waals surface area contributed by atoms with Gasteiger partial charge in [0.05, 0.1) is 18.4 Å². The molecule has 1 aromatic carbocycles. The summed E-state index contributed by atoms with van der Waals surface area (Å²) in [6.45, 7) is 11.8. The normalized spacial score (nSPS) is 14.4. The fourth-order valence-corrected chi connectivity index (χ4v) is 3.91. The highest BCUT2D eigenvalue weighted by Gasteiger charge is 2.25. The number of amides is 1. The van der Waals surface area contributed by atoms with Crippen LogP contribution < -0.4 is 14.6 Å². The third-order valence-electron chi connectivity index (χ3n) is 5.63. The Morgan fingerprint density at radius 3 is 2.26 bits per heavy atom. The van der Waals surface area contributed by atoms with Crippen molar-refractivity contribution in [2.45, 2.75) is 27.2 Å². The molecule has 1 aromatic heterocycles. The molecule has 1 amide bonds. The smallest absolute Gasteiger partial charge is 0.256 e. The van der Waals surface area contributed by atoms with Crippen molar-refractivity contribution in [1.29, 1.82) is 0 Å². The number of benzene rings is 1. The molecule has 3 rings (SSSR count). The molecule has 8 nitrogen and oxygen atoms in total. The van der Waals surface area contributed by atoms with E-state index >= 15 is 0 Å². The van der Waals surface area contributed by atoms with Crippen LogP contribution >= 0.6 is 0 Å². The van der Waals surface area contributed by atoms with E-state index in [9.17, 15) is 4.79 Å². The molecule has 0 radical (unpaired) electrons. The molecule has 0 N–H and O–H groups in total. The van der Waals surface area contributed by atoms with E-state index in [0.29, 0.717) is 24.6 Å².